The second-order valence-corrected chi connectivity index (χ2v) is 9.88. The van der Waals surface area contributed by atoms with Gasteiger partial charge in [-0.2, -0.15) is 9.40 Å². The number of hydrogen-bond acceptors (Lipinski definition) is 7. The summed E-state index contributed by atoms with van der Waals surface area (Å²) in [7, 11) is -3.53. The third-order valence-corrected chi connectivity index (χ3v) is 8.13. The van der Waals surface area contributed by atoms with E-state index >= 15 is 0 Å². The van der Waals surface area contributed by atoms with Crippen LogP contribution in [0.4, 0.5) is 5.95 Å². The van der Waals surface area contributed by atoms with Gasteiger partial charge in [0.15, 0.2) is 0 Å². The number of carbonyl (C=O) groups is 1. The van der Waals surface area contributed by atoms with Crippen LogP contribution in [0.2, 0.25) is 0 Å². The fourth-order valence-corrected chi connectivity index (χ4v) is 6.19. The van der Waals surface area contributed by atoms with E-state index in [1.165, 1.54) is 4.31 Å². The van der Waals surface area contributed by atoms with E-state index in [1.54, 1.807) is 37.0 Å². The number of rotatable bonds is 6. The Hall–Kier alpha value is -2.53. The third kappa shape index (κ3) is 4.42. The van der Waals surface area contributed by atoms with Crippen LogP contribution in [0.3, 0.4) is 0 Å². The molecule has 2 fully saturated rings. The average Bonchev–Trinajstić information content (AvgIpc) is 3.42. The van der Waals surface area contributed by atoms with Crippen molar-refractivity contribution in [3.8, 4) is 0 Å². The summed E-state index contributed by atoms with van der Waals surface area (Å²) in [5, 5.41) is 4.43. The molecule has 4 rings (SSSR count). The van der Waals surface area contributed by atoms with Crippen LogP contribution in [0.25, 0.3) is 0 Å². The van der Waals surface area contributed by atoms with E-state index in [2.05, 4.69) is 20.0 Å². The van der Waals surface area contributed by atoms with Gasteiger partial charge in [0.05, 0.1) is 17.9 Å². The Bertz CT molecular complexity index is 1020. The van der Waals surface area contributed by atoms with Crippen molar-refractivity contribution in [1.82, 2.24) is 29.0 Å². The first kappa shape index (κ1) is 21.7. The van der Waals surface area contributed by atoms with Crippen molar-refractivity contribution in [3.05, 3.63) is 29.8 Å². The van der Waals surface area contributed by atoms with Crippen LogP contribution in [0.15, 0.2) is 23.4 Å². The molecule has 2 aromatic heterocycles. The van der Waals surface area contributed by atoms with Crippen LogP contribution in [0, 0.1) is 13.8 Å². The molecule has 0 N–H and O–H groups in total. The maximum atomic E-state index is 13.0. The van der Waals surface area contributed by atoms with Gasteiger partial charge in [-0.3, -0.25) is 9.48 Å². The molecule has 168 valence electrons. The lowest BCUT2D eigenvalue weighted by Gasteiger charge is -2.34. The minimum atomic E-state index is -3.53. The Balaban J connectivity index is 1.36. The zero-order valence-electron chi connectivity index (χ0n) is 18.1. The highest BCUT2D eigenvalue weighted by Gasteiger charge is 2.32. The minimum absolute atomic E-state index is 0.0464. The molecule has 31 heavy (non-hydrogen) atoms. The molecule has 0 unspecified atom stereocenters. The van der Waals surface area contributed by atoms with E-state index in [1.807, 2.05) is 4.90 Å². The summed E-state index contributed by atoms with van der Waals surface area (Å²) in [6.45, 7) is 7.58. The second kappa shape index (κ2) is 8.91. The van der Waals surface area contributed by atoms with Gasteiger partial charge in [0.2, 0.25) is 21.9 Å². The van der Waals surface area contributed by atoms with Crippen LogP contribution in [0.5, 0.6) is 0 Å². The average molecular weight is 448 g/mol. The second-order valence-electron chi connectivity index (χ2n) is 8.00. The first-order valence-electron chi connectivity index (χ1n) is 10.7. The number of sulfonamides is 1. The first-order valence-corrected chi connectivity index (χ1v) is 12.2. The van der Waals surface area contributed by atoms with Crippen LogP contribution in [0.1, 0.15) is 30.7 Å². The zero-order valence-corrected chi connectivity index (χ0v) is 18.9. The lowest BCUT2D eigenvalue weighted by atomic mass is 10.3. The predicted octanol–water partition coefficient (Wildman–Crippen LogP) is 0.813. The predicted molar refractivity (Wildman–Crippen MR) is 115 cm³/mol. The summed E-state index contributed by atoms with van der Waals surface area (Å²) in [5.41, 5.74) is 1.09. The van der Waals surface area contributed by atoms with Crippen LogP contribution < -0.4 is 4.90 Å². The molecule has 2 saturated heterocycles. The fourth-order valence-electron chi connectivity index (χ4n) is 4.30. The number of piperazine rings is 1. The number of carbonyl (C=O) groups excluding carboxylic acids is 1. The summed E-state index contributed by atoms with van der Waals surface area (Å²) < 4.78 is 29.2. The van der Waals surface area contributed by atoms with Gasteiger partial charge in [0.1, 0.15) is 4.90 Å². The van der Waals surface area contributed by atoms with Gasteiger partial charge in [-0.25, -0.2) is 18.4 Å². The molecule has 2 aromatic rings. The van der Waals surface area contributed by atoms with Gasteiger partial charge in [-0.15, -0.1) is 0 Å². The van der Waals surface area contributed by atoms with Crippen LogP contribution in [-0.2, 0) is 21.4 Å². The van der Waals surface area contributed by atoms with E-state index < -0.39 is 10.0 Å². The normalized spacial score (nSPS) is 18.0. The smallest absolute Gasteiger partial charge is 0.246 e. The molecule has 0 saturated carbocycles. The number of anilines is 1. The Morgan fingerprint density at radius 3 is 2.29 bits per heavy atom. The minimum Gasteiger partial charge on any atom is -0.339 e. The Morgan fingerprint density at radius 1 is 1.00 bits per heavy atom. The van der Waals surface area contributed by atoms with Gasteiger partial charge in [0.25, 0.3) is 0 Å². The van der Waals surface area contributed by atoms with Gasteiger partial charge < -0.3 is 9.80 Å². The maximum Gasteiger partial charge on any atom is 0.246 e. The van der Waals surface area contributed by atoms with E-state index in [4.69, 9.17) is 0 Å². The molecule has 0 aromatic carbocycles. The van der Waals surface area contributed by atoms with Crippen molar-refractivity contribution < 1.29 is 13.2 Å². The van der Waals surface area contributed by atoms with Gasteiger partial charge >= 0.3 is 0 Å². The van der Waals surface area contributed by atoms with Crippen molar-refractivity contribution in [2.45, 2.75) is 44.6 Å². The SMILES string of the molecule is Cc1nn(CCC(=O)N2CCN(c3ncccn3)CC2)c(C)c1S(=O)(=O)N1CCCC1. The number of aromatic nitrogens is 4. The van der Waals surface area contributed by atoms with Crippen LogP contribution >= 0.6 is 0 Å². The number of hydrogen-bond donors (Lipinski definition) is 0. The lowest BCUT2D eigenvalue weighted by Crippen LogP contribution is -2.49. The molecule has 0 spiro atoms. The van der Waals surface area contributed by atoms with Gasteiger partial charge in [-0.1, -0.05) is 0 Å². The summed E-state index contributed by atoms with van der Waals surface area (Å²) >= 11 is 0. The van der Waals surface area contributed by atoms with E-state index in [0.29, 0.717) is 68.0 Å². The van der Waals surface area contributed by atoms with Gasteiger partial charge in [-0.05, 0) is 32.8 Å². The van der Waals surface area contributed by atoms with Crippen molar-refractivity contribution in [2.24, 2.45) is 0 Å². The zero-order chi connectivity index (χ0) is 22.0. The molecule has 0 radical (unpaired) electrons. The molecule has 0 atom stereocenters. The van der Waals surface area contributed by atoms with E-state index in [0.717, 1.165) is 12.8 Å². The summed E-state index contributed by atoms with van der Waals surface area (Å²) in [6, 6.07) is 1.78. The topological polar surface area (TPSA) is 105 Å². The monoisotopic (exact) mass is 447 g/mol. The molecular weight excluding hydrogens is 418 g/mol. The highest BCUT2D eigenvalue weighted by molar-refractivity contribution is 7.89. The first-order chi connectivity index (χ1) is 14.9. The Morgan fingerprint density at radius 2 is 1.65 bits per heavy atom. The molecule has 1 amide bonds. The Kier molecular flexibility index (Phi) is 6.24. The largest absolute Gasteiger partial charge is 0.339 e. The lowest BCUT2D eigenvalue weighted by molar-refractivity contribution is -0.131. The quantitative estimate of drug-likeness (QED) is 0.645. The van der Waals surface area contributed by atoms with Gasteiger partial charge in [0, 0.05) is 58.1 Å². The van der Waals surface area contributed by atoms with Crippen molar-refractivity contribution in [3.63, 3.8) is 0 Å². The summed E-state index contributed by atoms with van der Waals surface area (Å²) in [6.07, 6.45) is 5.50. The Labute approximate surface area is 182 Å². The van der Waals surface area contributed by atoms with Crippen LogP contribution in [-0.4, -0.2) is 82.5 Å². The molecule has 11 heteroatoms. The summed E-state index contributed by atoms with van der Waals surface area (Å²) in [5.74, 6) is 0.731. The molecular formula is C20H29N7O3S. The molecule has 4 heterocycles. The molecule has 10 nitrogen and oxygen atoms in total. The third-order valence-electron chi connectivity index (χ3n) is 5.98. The maximum absolute atomic E-state index is 13.0. The molecule has 0 aliphatic carbocycles. The molecule has 0 bridgehead atoms. The molecule has 2 aliphatic heterocycles. The number of amides is 1. The summed E-state index contributed by atoms with van der Waals surface area (Å²) in [4.78, 5) is 25.5. The number of aryl methyl sites for hydroxylation is 2. The molecule has 2 aliphatic rings. The van der Waals surface area contributed by atoms with E-state index in [-0.39, 0.29) is 12.3 Å². The standard InChI is InChI=1S/C20H29N7O3S/c1-16-19(31(29,30)26-9-3-4-10-26)17(2)27(23-16)11-6-18(28)24-12-14-25(15-13-24)20-21-7-5-8-22-20/h5,7-8H,3-4,6,9-15H2,1-2H3. The van der Waals surface area contributed by atoms with E-state index in [9.17, 15) is 13.2 Å². The fraction of sp³-hybridized carbons (Fsp3) is 0.600. The highest BCUT2D eigenvalue weighted by Crippen LogP contribution is 2.26. The highest BCUT2D eigenvalue weighted by atomic mass is 32.2. The van der Waals surface area contributed by atoms with Crippen molar-refractivity contribution in [2.75, 3.05) is 44.2 Å². The van der Waals surface area contributed by atoms with Crippen molar-refractivity contribution in [1.29, 1.82) is 0 Å². The van der Waals surface area contributed by atoms with Crippen molar-refractivity contribution >= 4 is 21.9 Å². The number of nitrogens with zero attached hydrogens (tertiary/aromatic N) is 7.